The topological polar surface area (TPSA) is 74.2 Å². The standard InChI is InChI=1S/C13H15N3O2S/c14-6-9-8-3-4-15-7-11(8)19-13(9)16-12(17)10-2-1-5-18-10/h10,15H,1-5,7H2,(H,16,17). The molecule has 1 saturated heterocycles. The smallest absolute Gasteiger partial charge is 0.254 e. The minimum Gasteiger partial charge on any atom is -0.368 e. The van der Waals surface area contributed by atoms with Crippen LogP contribution in [0.15, 0.2) is 0 Å². The predicted octanol–water partition coefficient (Wildman–Crippen LogP) is 1.38. The van der Waals surface area contributed by atoms with E-state index in [2.05, 4.69) is 16.7 Å². The van der Waals surface area contributed by atoms with Crippen LogP contribution in [0.4, 0.5) is 5.00 Å². The number of nitrogens with one attached hydrogen (secondary N) is 2. The molecule has 0 saturated carbocycles. The molecule has 1 aromatic heterocycles. The highest BCUT2D eigenvalue weighted by Gasteiger charge is 2.27. The normalized spacial score (nSPS) is 21.7. The van der Waals surface area contributed by atoms with Crippen LogP contribution >= 0.6 is 11.3 Å². The Kier molecular flexibility index (Phi) is 3.51. The van der Waals surface area contributed by atoms with Crippen molar-refractivity contribution in [1.29, 1.82) is 5.26 Å². The molecule has 1 fully saturated rings. The number of anilines is 1. The molecule has 1 aromatic rings. The summed E-state index contributed by atoms with van der Waals surface area (Å²) in [6.07, 6.45) is 2.18. The first-order valence-corrected chi connectivity index (χ1v) is 7.29. The van der Waals surface area contributed by atoms with Crippen molar-refractivity contribution in [2.45, 2.75) is 31.9 Å². The van der Waals surface area contributed by atoms with E-state index in [1.165, 1.54) is 11.3 Å². The zero-order valence-corrected chi connectivity index (χ0v) is 11.3. The van der Waals surface area contributed by atoms with E-state index in [1.54, 1.807) is 0 Å². The predicted molar refractivity (Wildman–Crippen MR) is 72.0 cm³/mol. The lowest BCUT2D eigenvalue weighted by molar-refractivity contribution is -0.124. The van der Waals surface area contributed by atoms with Gasteiger partial charge in [0, 0.05) is 18.0 Å². The molecule has 1 atom stereocenters. The summed E-state index contributed by atoms with van der Waals surface area (Å²) in [5, 5.41) is 16.1. The van der Waals surface area contributed by atoms with Crippen LogP contribution in [0.2, 0.25) is 0 Å². The number of rotatable bonds is 2. The Labute approximate surface area is 115 Å². The summed E-state index contributed by atoms with van der Waals surface area (Å²) in [6, 6.07) is 2.23. The molecule has 3 heterocycles. The van der Waals surface area contributed by atoms with Crippen molar-refractivity contribution in [2.75, 3.05) is 18.5 Å². The van der Waals surface area contributed by atoms with Gasteiger partial charge >= 0.3 is 0 Å². The van der Waals surface area contributed by atoms with Gasteiger partial charge in [0.25, 0.3) is 5.91 Å². The second-order valence-corrected chi connectivity index (χ2v) is 5.84. The molecule has 2 N–H and O–H groups in total. The van der Waals surface area contributed by atoms with Gasteiger partial charge in [0.05, 0.1) is 5.56 Å². The fourth-order valence-corrected chi connectivity index (χ4v) is 3.69. The van der Waals surface area contributed by atoms with Gasteiger partial charge in [-0.15, -0.1) is 11.3 Å². The van der Waals surface area contributed by atoms with Crippen LogP contribution in [0.5, 0.6) is 0 Å². The molecule has 1 amide bonds. The van der Waals surface area contributed by atoms with Crippen LogP contribution in [-0.4, -0.2) is 25.2 Å². The molecule has 2 aliphatic rings. The fraction of sp³-hybridized carbons (Fsp3) is 0.538. The van der Waals surface area contributed by atoms with E-state index in [4.69, 9.17) is 4.74 Å². The number of nitrogens with zero attached hydrogens (tertiary/aromatic N) is 1. The van der Waals surface area contributed by atoms with Crippen molar-refractivity contribution in [3.63, 3.8) is 0 Å². The van der Waals surface area contributed by atoms with E-state index in [9.17, 15) is 10.1 Å². The second kappa shape index (κ2) is 5.29. The van der Waals surface area contributed by atoms with E-state index in [1.807, 2.05) is 0 Å². The third-order valence-corrected chi connectivity index (χ3v) is 4.65. The maximum Gasteiger partial charge on any atom is 0.254 e. The Balaban J connectivity index is 1.82. The van der Waals surface area contributed by atoms with Crippen molar-refractivity contribution in [2.24, 2.45) is 0 Å². The highest BCUT2D eigenvalue weighted by molar-refractivity contribution is 7.16. The number of thiophene rings is 1. The summed E-state index contributed by atoms with van der Waals surface area (Å²) in [5.41, 5.74) is 1.72. The van der Waals surface area contributed by atoms with Crippen molar-refractivity contribution in [3.8, 4) is 6.07 Å². The lowest BCUT2D eigenvalue weighted by atomic mass is 10.1. The van der Waals surface area contributed by atoms with E-state index < -0.39 is 0 Å². The monoisotopic (exact) mass is 277 g/mol. The van der Waals surface area contributed by atoms with Gasteiger partial charge in [0.15, 0.2) is 0 Å². The average molecular weight is 277 g/mol. The number of hydrogen-bond donors (Lipinski definition) is 2. The average Bonchev–Trinajstić information content (AvgIpc) is 3.05. The maximum absolute atomic E-state index is 12.0. The largest absolute Gasteiger partial charge is 0.368 e. The van der Waals surface area contributed by atoms with Gasteiger partial charge in [0.2, 0.25) is 0 Å². The molecule has 1 unspecified atom stereocenters. The third-order valence-electron chi connectivity index (χ3n) is 3.50. The first-order valence-electron chi connectivity index (χ1n) is 6.47. The molecule has 100 valence electrons. The van der Waals surface area contributed by atoms with E-state index in [-0.39, 0.29) is 12.0 Å². The van der Waals surface area contributed by atoms with Crippen LogP contribution in [0.3, 0.4) is 0 Å². The minimum atomic E-state index is -0.358. The SMILES string of the molecule is N#Cc1c(NC(=O)C2CCCO2)sc2c1CCNC2. The number of hydrogen-bond acceptors (Lipinski definition) is 5. The first kappa shape index (κ1) is 12.6. The van der Waals surface area contributed by atoms with Gasteiger partial charge in [-0.2, -0.15) is 5.26 Å². The molecule has 0 aliphatic carbocycles. The number of carbonyl (C=O) groups is 1. The number of ether oxygens (including phenoxy) is 1. The molecule has 0 bridgehead atoms. The molecule has 2 aliphatic heterocycles. The zero-order chi connectivity index (χ0) is 13.2. The summed E-state index contributed by atoms with van der Waals surface area (Å²) in [7, 11) is 0. The Morgan fingerprint density at radius 3 is 3.21 bits per heavy atom. The van der Waals surface area contributed by atoms with Crippen molar-refractivity contribution in [3.05, 3.63) is 16.0 Å². The van der Waals surface area contributed by atoms with Gasteiger partial charge in [-0.05, 0) is 31.4 Å². The highest BCUT2D eigenvalue weighted by Crippen LogP contribution is 2.35. The quantitative estimate of drug-likeness (QED) is 0.856. The van der Waals surface area contributed by atoms with Gasteiger partial charge < -0.3 is 15.4 Å². The molecule has 5 nitrogen and oxygen atoms in total. The summed E-state index contributed by atoms with van der Waals surface area (Å²) in [4.78, 5) is 13.2. The number of fused-ring (bicyclic) bond motifs is 1. The zero-order valence-electron chi connectivity index (χ0n) is 10.5. The Morgan fingerprint density at radius 2 is 2.47 bits per heavy atom. The van der Waals surface area contributed by atoms with Gasteiger partial charge in [0.1, 0.15) is 17.2 Å². The molecular weight excluding hydrogens is 262 g/mol. The van der Waals surface area contributed by atoms with Crippen LogP contribution in [0.1, 0.15) is 28.8 Å². The van der Waals surface area contributed by atoms with E-state index in [0.29, 0.717) is 17.2 Å². The fourth-order valence-electron chi connectivity index (χ4n) is 2.52. The summed E-state index contributed by atoms with van der Waals surface area (Å²) < 4.78 is 5.36. The molecule has 3 rings (SSSR count). The molecule has 0 radical (unpaired) electrons. The van der Waals surface area contributed by atoms with E-state index >= 15 is 0 Å². The van der Waals surface area contributed by atoms with Crippen molar-refractivity contribution >= 4 is 22.2 Å². The van der Waals surface area contributed by atoms with E-state index in [0.717, 1.165) is 42.8 Å². The first-order chi connectivity index (χ1) is 9.29. The van der Waals surface area contributed by atoms with Crippen LogP contribution in [-0.2, 0) is 22.5 Å². The number of carbonyl (C=O) groups excluding carboxylic acids is 1. The summed E-state index contributed by atoms with van der Waals surface area (Å²) >= 11 is 1.50. The maximum atomic E-state index is 12.0. The number of amides is 1. The van der Waals surface area contributed by atoms with Crippen molar-refractivity contribution in [1.82, 2.24) is 5.32 Å². The molecule has 0 spiro atoms. The van der Waals surface area contributed by atoms with Gasteiger partial charge in [-0.3, -0.25) is 4.79 Å². The summed E-state index contributed by atoms with van der Waals surface area (Å²) in [5.74, 6) is -0.124. The Bertz CT molecular complexity index is 541. The number of nitriles is 1. The Hall–Kier alpha value is -1.42. The van der Waals surface area contributed by atoms with Gasteiger partial charge in [-0.25, -0.2) is 0 Å². The van der Waals surface area contributed by atoms with Crippen LogP contribution < -0.4 is 10.6 Å². The molecule has 0 aromatic carbocycles. The van der Waals surface area contributed by atoms with Crippen LogP contribution in [0, 0.1) is 11.3 Å². The third kappa shape index (κ3) is 2.37. The molecule has 6 heteroatoms. The molecular formula is C13H15N3O2S. The summed E-state index contributed by atoms with van der Waals surface area (Å²) in [6.45, 7) is 2.32. The van der Waals surface area contributed by atoms with Crippen LogP contribution in [0.25, 0.3) is 0 Å². The highest BCUT2D eigenvalue weighted by atomic mass is 32.1. The Morgan fingerprint density at radius 1 is 1.58 bits per heavy atom. The molecule has 19 heavy (non-hydrogen) atoms. The lowest BCUT2D eigenvalue weighted by Crippen LogP contribution is -2.26. The van der Waals surface area contributed by atoms with Crippen molar-refractivity contribution < 1.29 is 9.53 Å². The van der Waals surface area contributed by atoms with Gasteiger partial charge in [-0.1, -0.05) is 0 Å². The lowest BCUT2D eigenvalue weighted by Gasteiger charge is -2.11. The minimum absolute atomic E-state index is 0.124. The second-order valence-electron chi connectivity index (χ2n) is 4.74.